The molecule has 108 valence electrons. The summed E-state index contributed by atoms with van der Waals surface area (Å²) in [5, 5.41) is 5.68. The fraction of sp³-hybridized carbons (Fsp3) is 0.500. The van der Waals surface area contributed by atoms with Crippen LogP contribution in [0.4, 0.5) is 0 Å². The van der Waals surface area contributed by atoms with Crippen molar-refractivity contribution in [3.8, 4) is 0 Å². The Morgan fingerprint density at radius 2 is 2.35 bits per heavy atom. The van der Waals surface area contributed by atoms with Gasteiger partial charge in [-0.05, 0) is 17.9 Å². The first kappa shape index (κ1) is 13.7. The Bertz CT molecular complexity index is 779. The lowest BCUT2D eigenvalue weighted by molar-refractivity contribution is 0.513. The lowest BCUT2D eigenvalue weighted by atomic mass is 10.2. The van der Waals surface area contributed by atoms with Crippen molar-refractivity contribution in [2.75, 3.05) is 18.1 Å². The lowest BCUT2D eigenvalue weighted by Gasteiger charge is -2.11. The molecule has 3 heterocycles. The van der Waals surface area contributed by atoms with Gasteiger partial charge in [0, 0.05) is 19.1 Å². The van der Waals surface area contributed by atoms with Crippen LogP contribution >= 0.6 is 11.3 Å². The van der Waals surface area contributed by atoms with Crippen molar-refractivity contribution in [3.05, 3.63) is 28.1 Å². The van der Waals surface area contributed by atoms with E-state index in [2.05, 4.69) is 10.3 Å². The Labute approximate surface area is 120 Å². The van der Waals surface area contributed by atoms with Crippen molar-refractivity contribution in [3.63, 3.8) is 0 Å². The Hall–Kier alpha value is -1.25. The van der Waals surface area contributed by atoms with Crippen LogP contribution in [0.15, 0.2) is 22.6 Å². The van der Waals surface area contributed by atoms with Crippen LogP contribution in [0.3, 0.4) is 0 Å². The minimum atomic E-state index is -2.86. The smallest absolute Gasteiger partial charge is 0.262 e. The zero-order chi connectivity index (χ0) is 14.2. The van der Waals surface area contributed by atoms with Crippen molar-refractivity contribution in [1.82, 2.24) is 14.9 Å². The molecule has 1 unspecified atom stereocenters. The second kappa shape index (κ2) is 5.27. The molecular weight excluding hydrogens is 298 g/mol. The number of nitrogens with zero attached hydrogens (tertiary/aromatic N) is 2. The quantitative estimate of drug-likeness (QED) is 0.874. The summed E-state index contributed by atoms with van der Waals surface area (Å²) in [6.45, 7) is 1.06. The van der Waals surface area contributed by atoms with E-state index < -0.39 is 9.84 Å². The maximum absolute atomic E-state index is 12.1. The number of sulfone groups is 1. The van der Waals surface area contributed by atoms with Crippen molar-refractivity contribution < 1.29 is 8.42 Å². The Balaban J connectivity index is 1.63. The molecule has 1 N–H and O–H groups in total. The van der Waals surface area contributed by atoms with Crippen molar-refractivity contribution in [2.24, 2.45) is 0 Å². The molecule has 2 aromatic rings. The van der Waals surface area contributed by atoms with E-state index in [9.17, 15) is 13.2 Å². The third-order valence-corrected chi connectivity index (χ3v) is 6.06. The second-order valence-electron chi connectivity index (χ2n) is 4.94. The van der Waals surface area contributed by atoms with Gasteiger partial charge in [-0.3, -0.25) is 9.36 Å². The molecule has 0 bridgehead atoms. The number of fused-ring (bicyclic) bond motifs is 1. The first-order chi connectivity index (χ1) is 9.55. The number of rotatable bonds is 4. The molecule has 1 fully saturated rings. The zero-order valence-corrected chi connectivity index (χ0v) is 12.4. The maximum Gasteiger partial charge on any atom is 0.262 e. The highest BCUT2D eigenvalue weighted by Gasteiger charge is 2.27. The molecule has 2 aromatic heterocycles. The molecule has 0 spiro atoms. The van der Waals surface area contributed by atoms with Crippen LogP contribution in [0, 0.1) is 0 Å². The van der Waals surface area contributed by atoms with E-state index in [4.69, 9.17) is 0 Å². The maximum atomic E-state index is 12.1. The van der Waals surface area contributed by atoms with E-state index in [0.717, 1.165) is 4.83 Å². The fourth-order valence-corrected chi connectivity index (χ4v) is 4.83. The Morgan fingerprint density at radius 3 is 3.10 bits per heavy atom. The van der Waals surface area contributed by atoms with E-state index in [1.165, 1.54) is 11.3 Å². The summed E-state index contributed by atoms with van der Waals surface area (Å²) in [5.74, 6) is 0.455. The second-order valence-corrected chi connectivity index (χ2v) is 8.06. The first-order valence-corrected chi connectivity index (χ1v) is 9.12. The molecule has 0 aromatic carbocycles. The molecule has 6 nitrogen and oxygen atoms in total. The van der Waals surface area contributed by atoms with Crippen LogP contribution in [-0.2, 0) is 16.4 Å². The third kappa shape index (κ3) is 2.77. The number of thiophene rings is 1. The van der Waals surface area contributed by atoms with Crippen LogP contribution in [0.25, 0.3) is 10.2 Å². The summed E-state index contributed by atoms with van der Waals surface area (Å²) in [6, 6.07) is 1.79. The van der Waals surface area contributed by atoms with E-state index in [1.54, 1.807) is 17.0 Å². The van der Waals surface area contributed by atoms with E-state index in [0.29, 0.717) is 24.9 Å². The first-order valence-electron chi connectivity index (χ1n) is 6.42. The van der Waals surface area contributed by atoms with Gasteiger partial charge in [0.1, 0.15) is 4.83 Å². The summed E-state index contributed by atoms with van der Waals surface area (Å²) < 4.78 is 24.2. The van der Waals surface area contributed by atoms with Gasteiger partial charge in [-0.25, -0.2) is 13.4 Å². The van der Waals surface area contributed by atoms with Crippen LogP contribution in [0.5, 0.6) is 0 Å². The third-order valence-electron chi connectivity index (χ3n) is 3.47. The van der Waals surface area contributed by atoms with Crippen LogP contribution < -0.4 is 10.9 Å². The highest BCUT2D eigenvalue weighted by molar-refractivity contribution is 7.91. The average Bonchev–Trinajstić information content (AvgIpc) is 2.99. The summed E-state index contributed by atoms with van der Waals surface area (Å²) in [7, 11) is -2.86. The summed E-state index contributed by atoms with van der Waals surface area (Å²) in [4.78, 5) is 17.1. The average molecular weight is 313 g/mol. The molecule has 1 saturated heterocycles. The van der Waals surface area contributed by atoms with Gasteiger partial charge in [0.15, 0.2) is 9.84 Å². The summed E-state index contributed by atoms with van der Waals surface area (Å²) in [5.41, 5.74) is -0.0444. The molecule has 20 heavy (non-hydrogen) atoms. The van der Waals surface area contributed by atoms with Crippen LogP contribution in [0.1, 0.15) is 6.42 Å². The van der Waals surface area contributed by atoms with Gasteiger partial charge in [0.05, 0.1) is 23.2 Å². The fourth-order valence-electron chi connectivity index (χ4n) is 2.40. The topological polar surface area (TPSA) is 81.1 Å². The predicted molar refractivity (Wildman–Crippen MR) is 78.9 cm³/mol. The molecule has 1 atom stereocenters. The van der Waals surface area contributed by atoms with E-state index >= 15 is 0 Å². The monoisotopic (exact) mass is 313 g/mol. The zero-order valence-electron chi connectivity index (χ0n) is 10.8. The highest BCUT2D eigenvalue weighted by atomic mass is 32.2. The van der Waals surface area contributed by atoms with Gasteiger partial charge in [0.2, 0.25) is 0 Å². The van der Waals surface area contributed by atoms with Gasteiger partial charge in [-0.1, -0.05) is 0 Å². The van der Waals surface area contributed by atoms with Crippen LogP contribution in [0.2, 0.25) is 0 Å². The standard InChI is InChI=1S/C12H15N3O3S2/c16-12-10-1-5-19-11(10)14-8-15(12)4-3-13-9-2-6-20(17,18)7-9/h1,5,8-9,13H,2-4,6-7H2. The molecule has 3 rings (SSSR count). The SMILES string of the molecule is O=c1c2ccsc2ncn1CCNC1CCS(=O)(=O)C1. The summed E-state index contributed by atoms with van der Waals surface area (Å²) in [6.07, 6.45) is 2.20. The molecule has 0 radical (unpaired) electrons. The van der Waals surface area contributed by atoms with Crippen molar-refractivity contribution in [1.29, 1.82) is 0 Å². The molecule has 1 aliphatic rings. The molecule has 0 saturated carbocycles. The van der Waals surface area contributed by atoms with Gasteiger partial charge in [0.25, 0.3) is 5.56 Å². The number of hydrogen-bond donors (Lipinski definition) is 1. The summed E-state index contributed by atoms with van der Waals surface area (Å²) >= 11 is 1.45. The van der Waals surface area contributed by atoms with Gasteiger partial charge < -0.3 is 5.32 Å². The van der Waals surface area contributed by atoms with E-state index in [-0.39, 0.29) is 23.1 Å². The minimum absolute atomic E-state index is 0.00791. The number of nitrogens with one attached hydrogen (secondary N) is 1. The van der Waals surface area contributed by atoms with Crippen molar-refractivity contribution >= 4 is 31.4 Å². The van der Waals surface area contributed by atoms with E-state index in [1.807, 2.05) is 5.38 Å². The molecule has 8 heteroatoms. The van der Waals surface area contributed by atoms with Gasteiger partial charge in [-0.15, -0.1) is 11.3 Å². The van der Waals surface area contributed by atoms with Crippen LogP contribution in [-0.4, -0.2) is 42.1 Å². The molecular formula is C12H15N3O3S2. The number of hydrogen-bond acceptors (Lipinski definition) is 6. The number of aromatic nitrogens is 2. The molecule has 0 amide bonds. The van der Waals surface area contributed by atoms with Crippen molar-refractivity contribution in [2.45, 2.75) is 19.0 Å². The minimum Gasteiger partial charge on any atom is -0.311 e. The Kier molecular flexibility index (Phi) is 3.61. The lowest BCUT2D eigenvalue weighted by Crippen LogP contribution is -2.34. The largest absolute Gasteiger partial charge is 0.311 e. The molecule has 1 aliphatic heterocycles. The Morgan fingerprint density at radius 1 is 1.50 bits per heavy atom. The van der Waals surface area contributed by atoms with Gasteiger partial charge in [-0.2, -0.15) is 0 Å². The normalized spacial score (nSPS) is 21.5. The highest BCUT2D eigenvalue weighted by Crippen LogP contribution is 2.13. The van der Waals surface area contributed by atoms with Gasteiger partial charge >= 0.3 is 0 Å². The molecule has 0 aliphatic carbocycles. The predicted octanol–water partition coefficient (Wildman–Crippen LogP) is 0.235.